The number of aliphatic hydroxyl groups excluding tert-OH is 1. The van der Waals surface area contributed by atoms with Crippen molar-refractivity contribution in [3.63, 3.8) is 0 Å². The van der Waals surface area contributed by atoms with Crippen LogP contribution in [0.4, 0.5) is 5.69 Å². The highest BCUT2D eigenvalue weighted by molar-refractivity contribution is 7.11. The summed E-state index contributed by atoms with van der Waals surface area (Å²) in [6.07, 6.45) is 4.35. The number of thiazole rings is 1. The molecule has 2 aromatic rings. The predicted octanol–water partition coefficient (Wildman–Crippen LogP) is 2.81. The van der Waals surface area contributed by atoms with Crippen molar-refractivity contribution in [3.05, 3.63) is 58.6 Å². The molecule has 0 spiro atoms. The fourth-order valence-corrected chi connectivity index (χ4v) is 3.27. The lowest BCUT2D eigenvalue weighted by Gasteiger charge is -2.20. The summed E-state index contributed by atoms with van der Waals surface area (Å²) in [5.41, 5.74) is 1.23. The molecule has 2 amide bonds. The summed E-state index contributed by atoms with van der Waals surface area (Å²) in [6.45, 7) is 5.50. The highest BCUT2D eigenvalue weighted by Gasteiger charge is 2.24. The van der Waals surface area contributed by atoms with Crippen LogP contribution in [0.3, 0.4) is 0 Å². The SMILES string of the molecule is C=CC(=O)N(Cc1ncc(C(C)O)s1)c1ccc(C(=O)NC2CC2)cc1. The van der Waals surface area contributed by atoms with Crippen LogP contribution >= 0.6 is 11.3 Å². The van der Waals surface area contributed by atoms with Gasteiger partial charge in [-0.25, -0.2) is 4.98 Å². The second-order valence-electron chi connectivity index (χ2n) is 6.26. The Bertz CT molecular complexity index is 810. The molecule has 1 fully saturated rings. The molecule has 1 saturated carbocycles. The smallest absolute Gasteiger partial charge is 0.251 e. The molecule has 6 nitrogen and oxygen atoms in total. The zero-order valence-corrected chi connectivity index (χ0v) is 15.3. The van der Waals surface area contributed by atoms with Gasteiger partial charge in [-0.2, -0.15) is 0 Å². The molecule has 136 valence electrons. The van der Waals surface area contributed by atoms with Crippen molar-refractivity contribution in [2.75, 3.05) is 4.90 Å². The molecule has 1 aromatic heterocycles. The number of hydrogen-bond donors (Lipinski definition) is 2. The van der Waals surface area contributed by atoms with Crippen molar-refractivity contribution < 1.29 is 14.7 Å². The van der Waals surface area contributed by atoms with E-state index in [-0.39, 0.29) is 18.4 Å². The van der Waals surface area contributed by atoms with Gasteiger partial charge >= 0.3 is 0 Å². The van der Waals surface area contributed by atoms with Gasteiger partial charge in [-0.05, 0) is 50.1 Å². The van der Waals surface area contributed by atoms with Gasteiger partial charge in [0.15, 0.2) is 0 Å². The zero-order chi connectivity index (χ0) is 18.7. The van der Waals surface area contributed by atoms with Crippen LogP contribution in [0, 0.1) is 0 Å². The van der Waals surface area contributed by atoms with Crippen molar-refractivity contribution in [2.45, 2.75) is 38.5 Å². The second-order valence-corrected chi connectivity index (χ2v) is 7.40. The average molecular weight is 371 g/mol. The van der Waals surface area contributed by atoms with E-state index in [1.54, 1.807) is 42.3 Å². The van der Waals surface area contributed by atoms with Gasteiger partial charge in [0.1, 0.15) is 5.01 Å². The number of aromatic nitrogens is 1. The van der Waals surface area contributed by atoms with Gasteiger partial charge in [0.05, 0.1) is 17.5 Å². The Morgan fingerprint density at radius 2 is 2.12 bits per heavy atom. The van der Waals surface area contributed by atoms with E-state index in [1.165, 1.54) is 17.4 Å². The maximum absolute atomic E-state index is 12.3. The van der Waals surface area contributed by atoms with Crippen LogP contribution in [-0.4, -0.2) is 27.9 Å². The number of hydrogen-bond acceptors (Lipinski definition) is 5. The molecule has 0 aliphatic heterocycles. The van der Waals surface area contributed by atoms with Crippen LogP contribution in [0.2, 0.25) is 0 Å². The summed E-state index contributed by atoms with van der Waals surface area (Å²) in [4.78, 5) is 30.9. The molecular formula is C19H21N3O3S. The molecule has 1 aliphatic carbocycles. The second kappa shape index (κ2) is 7.80. The number of nitrogens with one attached hydrogen (secondary N) is 1. The minimum absolute atomic E-state index is 0.0952. The topological polar surface area (TPSA) is 82.5 Å². The molecule has 7 heteroatoms. The quantitative estimate of drug-likeness (QED) is 0.733. The largest absolute Gasteiger partial charge is 0.388 e. The van der Waals surface area contributed by atoms with Crippen molar-refractivity contribution in [2.24, 2.45) is 0 Å². The third-order valence-corrected chi connectivity index (χ3v) is 5.22. The minimum Gasteiger partial charge on any atom is -0.388 e. The fourth-order valence-electron chi connectivity index (χ4n) is 2.42. The van der Waals surface area contributed by atoms with Crippen LogP contribution in [0.5, 0.6) is 0 Å². The molecule has 1 heterocycles. The molecule has 0 bridgehead atoms. The summed E-state index contributed by atoms with van der Waals surface area (Å²) in [6, 6.07) is 7.20. The number of benzene rings is 1. The standard InChI is InChI=1S/C19H21N3O3S/c1-3-18(24)22(11-17-20-10-16(26-17)12(2)23)15-8-4-13(5-9-15)19(25)21-14-6-7-14/h3-5,8-10,12,14,23H,1,6-7,11H2,2H3,(H,21,25). The molecule has 1 aromatic carbocycles. The fraction of sp³-hybridized carbons (Fsp3) is 0.316. The van der Waals surface area contributed by atoms with Gasteiger partial charge in [0.2, 0.25) is 0 Å². The first-order valence-electron chi connectivity index (χ1n) is 8.45. The highest BCUT2D eigenvalue weighted by atomic mass is 32.1. The number of carbonyl (C=O) groups excluding carboxylic acids is 2. The summed E-state index contributed by atoms with van der Waals surface area (Å²) < 4.78 is 0. The molecular weight excluding hydrogens is 350 g/mol. The Labute approximate surface area is 156 Å². The molecule has 1 unspecified atom stereocenters. The van der Waals surface area contributed by atoms with Crippen LogP contribution in [0.1, 0.15) is 46.1 Å². The van der Waals surface area contributed by atoms with Gasteiger partial charge in [0.25, 0.3) is 11.8 Å². The summed E-state index contributed by atoms with van der Waals surface area (Å²) in [5.74, 6) is -0.351. The third-order valence-electron chi connectivity index (χ3n) is 4.07. The van der Waals surface area contributed by atoms with E-state index in [2.05, 4.69) is 16.9 Å². The van der Waals surface area contributed by atoms with E-state index >= 15 is 0 Å². The van der Waals surface area contributed by atoms with Gasteiger partial charge in [-0.3, -0.25) is 9.59 Å². The highest BCUT2D eigenvalue weighted by Crippen LogP contribution is 2.25. The first kappa shape index (κ1) is 18.3. The third kappa shape index (κ3) is 4.36. The monoisotopic (exact) mass is 371 g/mol. The van der Waals surface area contributed by atoms with E-state index in [0.29, 0.717) is 22.3 Å². The maximum Gasteiger partial charge on any atom is 0.251 e. The van der Waals surface area contributed by atoms with Gasteiger partial charge in [-0.1, -0.05) is 6.58 Å². The summed E-state index contributed by atoms with van der Waals surface area (Å²) in [5, 5.41) is 13.3. The lowest BCUT2D eigenvalue weighted by Crippen LogP contribution is -2.29. The Morgan fingerprint density at radius 3 is 2.65 bits per heavy atom. The molecule has 26 heavy (non-hydrogen) atoms. The maximum atomic E-state index is 12.3. The minimum atomic E-state index is -0.589. The number of carbonyl (C=O) groups is 2. The predicted molar refractivity (Wildman–Crippen MR) is 101 cm³/mol. The van der Waals surface area contributed by atoms with Crippen molar-refractivity contribution >= 4 is 28.8 Å². The summed E-state index contributed by atoms with van der Waals surface area (Å²) >= 11 is 1.36. The normalized spacial score (nSPS) is 14.5. The molecule has 1 aliphatic rings. The summed E-state index contributed by atoms with van der Waals surface area (Å²) in [7, 11) is 0. The van der Waals surface area contributed by atoms with Crippen LogP contribution in [0.15, 0.2) is 43.1 Å². The lowest BCUT2D eigenvalue weighted by molar-refractivity contribution is -0.114. The van der Waals surface area contributed by atoms with Crippen LogP contribution in [-0.2, 0) is 11.3 Å². The van der Waals surface area contributed by atoms with E-state index in [0.717, 1.165) is 17.7 Å². The zero-order valence-electron chi connectivity index (χ0n) is 14.5. The van der Waals surface area contributed by atoms with Crippen LogP contribution in [0.25, 0.3) is 0 Å². The molecule has 0 radical (unpaired) electrons. The number of nitrogens with zero attached hydrogens (tertiary/aromatic N) is 2. The first-order valence-corrected chi connectivity index (χ1v) is 9.27. The molecule has 0 saturated heterocycles. The van der Waals surface area contributed by atoms with E-state index in [9.17, 15) is 14.7 Å². The van der Waals surface area contributed by atoms with E-state index in [1.807, 2.05) is 0 Å². The molecule has 2 N–H and O–H groups in total. The number of aliphatic hydroxyl groups is 1. The molecule has 1 atom stereocenters. The van der Waals surface area contributed by atoms with Gasteiger partial charge < -0.3 is 15.3 Å². The Morgan fingerprint density at radius 1 is 1.42 bits per heavy atom. The van der Waals surface area contributed by atoms with Gasteiger partial charge in [-0.15, -0.1) is 11.3 Å². The van der Waals surface area contributed by atoms with Crippen molar-refractivity contribution in [3.8, 4) is 0 Å². The van der Waals surface area contributed by atoms with Crippen molar-refractivity contribution in [1.82, 2.24) is 10.3 Å². The number of amides is 2. The number of anilines is 1. The first-order chi connectivity index (χ1) is 12.5. The van der Waals surface area contributed by atoms with Gasteiger partial charge in [0, 0.05) is 23.5 Å². The lowest BCUT2D eigenvalue weighted by atomic mass is 10.1. The number of rotatable bonds is 7. The van der Waals surface area contributed by atoms with Crippen LogP contribution < -0.4 is 10.2 Å². The van der Waals surface area contributed by atoms with Crippen molar-refractivity contribution in [1.29, 1.82) is 0 Å². The van der Waals surface area contributed by atoms with E-state index < -0.39 is 6.10 Å². The Hall–Kier alpha value is -2.51. The molecule has 3 rings (SSSR count). The Balaban J connectivity index is 1.76. The Kier molecular flexibility index (Phi) is 5.49. The van der Waals surface area contributed by atoms with E-state index in [4.69, 9.17) is 0 Å². The average Bonchev–Trinajstić information content (AvgIpc) is 3.32.